The zero-order valence-electron chi connectivity index (χ0n) is 13.3. The van der Waals surface area contributed by atoms with E-state index in [0.29, 0.717) is 17.9 Å². The van der Waals surface area contributed by atoms with Crippen molar-refractivity contribution in [2.45, 2.75) is 19.5 Å². The molecule has 1 aliphatic heterocycles. The van der Waals surface area contributed by atoms with Crippen molar-refractivity contribution in [3.8, 4) is 5.88 Å². The highest BCUT2D eigenvalue weighted by Crippen LogP contribution is 2.18. The molecule has 1 unspecified atom stereocenters. The Bertz CT molecular complexity index is 634. The van der Waals surface area contributed by atoms with E-state index in [1.54, 1.807) is 7.11 Å². The quantitative estimate of drug-likeness (QED) is 0.856. The number of anilines is 1. The molecule has 0 N–H and O–H groups in total. The molecule has 6 nitrogen and oxygen atoms in total. The van der Waals surface area contributed by atoms with E-state index in [1.807, 2.05) is 18.3 Å². The first-order valence-electron chi connectivity index (χ1n) is 7.61. The maximum atomic E-state index is 12.9. The lowest BCUT2D eigenvalue weighted by molar-refractivity contribution is 0.180. The van der Waals surface area contributed by atoms with Gasteiger partial charge in [-0.05, 0) is 12.5 Å². The van der Waals surface area contributed by atoms with Gasteiger partial charge in [0.05, 0.1) is 19.5 Å². The summed E-state index contributed by atoms with van der Waals surface area (Å²) in [6.07, 6.45) is 4.27. The highest BCUT2D eigenvalue weighted by Gasteiger charge is 2.25. The Labute approximate surface area is 134 Å². The van der Waals surface area contributed by atoms with Crippen molar-refractivity contribution < 1.29 is 9.13 Å². The number of hydrogen-bond donors (Lipinski definition) is 0. The van der Waals surface area contributed by atoms with Gasteiger partial charge in [0.25, 0.3) is 0 Å². The molecule has 7 heteroatoms. The predicted octanol–water partition coefficient (Wildman–Crippen LogP) is 1.73. The van der Waals surface area contributed by atoms with E-state index in [4.69, 9.17) is 4.74 Å². The van der Waals surface area contributed by atoms with E-state index in [9.17, 15) is 4.39 Å². The van der Waals surface area contributed by atoms with E-state index in [-0.39, 0.29) is 0 Å². The summed E-state index contributed by atoms with van der Waals surface area (Å²) in [7, 11) is 1.61. The summed E-state index contributed by atoms with van der Waals surface area (Å²) in [5.74, 6) is 0.802. The van der Waals surface area contributed by atoms with Gasteiger partial charge >= 0.3 is 0 Å². The van der Waals surface area contributed by atoms with Gasteiger partial charge < -0.3 is 9.64 Å². The molecule has 3 rings (SSSR count). The molecule has 0 aliphatic carbocycles. The summed E-state index contributed by atoms with van der Waals surface area (Å²) >= 11 is 0. The lowest BCUT2D eigenvalue weighted by Crippen LogP contribution is -2.51. The van der Waals surface area contributed by atoms with Gasteiger partial charge in [0, 0.05) is 44.5 Å². The van der Waals surface area contributed by atoms with Crippen LogP contribution in [0.15, 0.2) is 30.7 Å². The Morgan fingerprint density at radius 2 is 1.96 bits per heavy atom. The molecule has 1 fully saturated rings. The maximum absolute atomic E-state index is 12.9. The van der Waals surface area contributed by atoms with Crippen molar-refractivity contribution in [1.29, 1.82) is 0 Å². The Kier molecular flexibility index (Phi) is 4.66. The van der Waals surface area contributed by atoms with Crippen LogP contribution in [0.5, 0.6) is 5.88 Å². The van der Waals surface area contributed by atoms with Crippen LogP contribution in [0, 0.1) is 5.82 Å². The fourth-order valence-electron chi connectivity index (χ4n) is 2.74. The van der Waals surface area contributed by atoms with E-state index < -0.39 is 5.82 Å². The average molecular weight is 317 g/mol. The second-order valence-corrected chi connectivity index (χ2v) is 5.68. The van der Waals surface area contributed by atoms with E-state index in [1.165, 1.54) is 12.4 Å². The fourth-order valence-corrected chi connectivity index (χ4v) is 2.74. The number of pyridine rings is 1. The lowest BCUT2D eigenvalue weighted by Gasteiger charge is -2.39. The zero-order valence-corrected chi connectivity index (χ0v) is 13.3. The molecule has 2 aromatic rings. The van der Waals surface area contributed by atoms with Crippen LogP contribution in [0.2, 0.25) is 0 Å². The first kappa shape index (κ1) is 15.6. The summed E-state index contributed by atoms with van der Waals surface area (Å²) in [5.41, 5.74) is 1.16. The second-order valence-electron chi connectivity index (χ2n) is 5.68. The van der Waals surface area contributed by atoms with Gasteiger partial charge in [0.1, 0.15) is 0 Å². The molecule has 0 spiro atoms. The Morgan fingerprint density at radius 1 is 1.17 bits per heavy atom. The van der Waals surface area contributed by atoms with Crippen LogP contribution < -0.4 is 9.64 Å². The Hall–Kier alpha value is -2.28. The molecule has 0 radical (unpaired) electrons. The van der Waals surface area contributed by atoms with Crippen LogP contribution in [-0.4, -0.2) is 52.6 Å². The fraction of sp³-hybridized carbons (Fsp3) is 0.438. The molecule has 23 heavy (non-hydrogen) atoms. The van der Waals surface area contributed by atoms with Crippen LogP contribution in [0.3, 0.4) is 0 Å². The number of piperazine rings is 1. The van der Waals surface area contributed by atoms with Crippen LogP contribution >= 0.6 is 0 Å². The maximum Gasteiger partial charge on any atom is 0.225 e. The van der Waals surface area contributed by atoms with Crippen molar-refractivity contribution in [3.63, 3.8) is 0 Å². The van der Waals surface area contributed by atoms with Gasteiger partial charge in [0.15, 0.2) is 5.82 Å². The SMILES string of the molecule is COc1ccc(CN2CCN(c3ncc(F)cn3)CC2C)cn1. The predicted molar refractivity (Wildman–Crippen MR) is 84.9 cm³/mol. The standard InChI is InChI=1S/C16H20FN5O/c1-12-10-22(16-19-8-14(17)9-20-16)6-5-21(12)11-13-3-4-15(23-2)18-7-13/h3-4,7-9,12H,5-6,10-11H2,1-2H3. The Balaban J connectivity index is 1.60. The molecule has 0 bridgehead atoms. The minimum Gasteiger partial charge on any atom is -0.481 e. The van der Waals surface area contributed by atoms with Gasteiger partial charge in [-0.2, -0.15) is 0 Å². The van der Waals surface area contributed by atoms with Gasteiger partial charge in [0.2, 0.25) is 11.8 Å². The molecule has 1 atom stereocenters. The number of methoxy groups -OCH3 is 1. The molecular formula is C16H20FN5O. The highest BCUT2D eigenvalue weighted by atomic mass is 19.1. The molecule has 3 heterocycles. The zero-order chi connectivity index (χ0) is 16.2. The van der Waals surface area contributed by atoms with Crippen LogP contribution in [0.4, 0.5) is 10.3 Å². The van der Waals surface area contributed by atoms with Gasteiger partial charge in [-0.3, -0.25) is 4.90 Å². The normalized spacial score (nSPS) is 18.9. The van der Waals surface area contributed by atoms with Gasteiger partial charge in [-0.15, -0.1) is 0 Å². The van der Waals surface area contributed by atoms with Crippen LogP contribution in [0.25, 0.3) is 0 Å². The molecule has 2 aromatic heterocycles. The largest absolute Gasteiger partial charge is 0.481 e. The number of halogens is 1. The average Bonchev–Trinajstić information content (AvgIpc) is 2.58. The summed E-state index contributed by atoms with van der Waals surface area (Å²) in [6.45, 7) is 5.55. The number of aromatic nitrogens is 3. The third-order valence-corrected chi connectivity index (χ3v) is 4.05. The minimum atomic E-state index is -0.410. The van der Waals surface area contributed by atoms with Crippen LogP contribution in [-0.2, 0) is 6.54 Å². The Morgan fingerprint density at radius 3 is 2.57 bits per heavy atom. The molecule has 0 amide bonds. The number of rotatable bonds is 4. The van der Waals surface area contributed by atoms with Gasteiger partial charge in [-0.25, -0.2) is 19.3 Å². The highest BCUT2D eigenvalue weighted by molar-refractivity contribution is 5.30. The van der Waals surface area contributed by atoms with Crippen molar-refractivity contribution in [1.82, 2.24) is 19.9 Å². The topological polar surface area (TPSA) is 54.4 Å². The molecule has 1 aliphatic rings. The first-order chi connectivity index (χ1) is 11.2. The summed E-state index contributed by atoms with van der Waals surface area (Å²) in [4.78, 5) is 16.9. The summed E-state index contributed by atoms with van der Waals surface area (Å²) in [5, 5.41) is 0. The summed E-state index contributed by atoms with van der Waals surface area (Å²) < 4.78 is 18.0. The molecule has 0 saturated carbocycles. The number of ether oxygens (including phenoxy) is 1. The van der Waals surface area contributed by atoms with Crippen LogP contribution in [0.1, 0.15) is 12.5 Å². The van der Waals surface area contributed by atoms with Crippen molar-refractivity contribution in [2.24, 2.45) is 0 Å². The first-order valence-corrected chi connectivity index (χ1v) is 7.61. The summed E-state index contributed by atoms with van der Waals surface area (Å²) in [6, 6.07) is 4.26. The van der Waals surface area contributed by atoms with Crippen molar-refractivity contribution in [3.05, 3.63) is 42.1 Å². The van der Waals surface area contributed by atoms with E-state index in [0.717, 1.165) is 31.7 Å². The van der Waals surface area contributed by atoms with Crippen molar-refractivity contribution in [2.75, 3.05) is 31.6 Å². The van der Waals surface area contributed by atoms with Crippen molar-refractivity contribution >= 4 is 5.95 Å². The molecule has 122 valence electrons. The van der Waals surface area contributed by atoms with E-state index in [2.05, 4.69) is 31.7 Å². The number of hydrogen-bond acceptors (Lipinski definition) is 6. The minimum absolute atomic E-state index is 0.347. The smallest absolute Gasteiger partial charge is 0.225 e. The third kappa shape index (κ3) is 3.73. The number of nitrogens with zero attached hydrogens (tertiary/aromatic N) is 5. The molecule has 0 aromatic carbocycles. The second kappa shape index (κ2) is 6.87. The van der Waals surface area contributed by atoms with E-state index >= 15 is 0 Å². The lowest BCUT2D eigenvalue weighted by atomic mass is 10.1. The monoisotopic (exact) mass is 317 g/mol. The molecular weight excluding hydrogens is 297 g/mol. The molecule has 1 saturated heterocycles. The van der Waals surface area contributed by atoms with Gasteiger partial charge in [-0.1, -0.05) is 6.07 Å². The third-order valence-electron chi connectivity index (χ3n) is 4.05.